The van der Waals surface area contributed by atoms with Gasteiger partial charge in [0.15, 0.2) is 5.84 Å². The van der Waals surface area contributed by atoms with Crippen molar-refractivity contribution in [3.8, 4) is 0 Å². The van der Waals surface area contributed by atoms with Gasteiger partial charge in [0.2, 0.25) is 0 Å². The number of hydrogen-bond donors (Lipinski definition) is 0. The summed E-state index contributed by atoms with van der Waals surface area (Å²) in [5, 5.41) is 10.2. The van der Waals surface area contributed by atoms with E-state index in [1.807, 2.05) is 56.6 Å². The SMILES string of the molecule is CN(C)CC1=NN=C2CN=C(c3ccccc3Cl)c3cc(Cl)ccc3N2C1. The first-order valence-electron chi connectivity index (χ1n) is 8.67. The van der Waals surface area contributed by atoms with E-state index in [2.05, 4.69) is 20.0 Å². The molecule has 0 spiro atoms. The Hall–Kier alpha value is -2.21. The largest absolute Gasteiger partial charge is 0.320 e. The Morgan fingerprint density at radius 2 is 1.85 bits per heavy atom. The van der Waals surface area contributed by atoms with E-state index >= 15 is 0 Å². The average Bonchev–Trinajstić information content (AvgIpc) is 2.78. The van der Waals surface area contributed by atoms with Crippen LogP contribution in [0.15, 0.2) is 57.7 Å². The number of fused-ring (bicyclic) bond motifs is 3. The van der Waals surface area contributed by atoms with Gasteiger partial charge >= 0.3 is 0 Å². The molecule has 0 N–H and O–H groups in total. The van der Waals surface area contributed by atoms with Crippen molar-refractivity contribution in [3.05, 3.63) is 63.6 Å². The fourth-order valence-electron chi connectivity index (χ4n) is 3.33. The van der Waals surface area contributed by atoms with Crippen molar-refractivity contribution in [2.24, 2.45) is 15.2 Å². The maximum atomic E-state index is 6.46. The standard InChI is InChI=1S/C20H19Cl2N5/c1-26(2)11-14-12-27-18-8-7-13(21)9-16(18)20(23-10-19(27)25-24-14)15-5-3-4-6-17(15)22/h3-9H,10-12H2,1-2H3. The van der Waals surface area contributed by atoms with E-state index in [0.717, 1.165) is 40.6 Å². The number of rotatable bonds is 3. The fourth-order valence-corrected chi connectivity index (χ4v) is 3.72. The Kier molecular flexibility index (Phi) is 5.00. The first-order chi connectivity index (χ1) is 13.0. The van der Waals surface area contributed by atoms with Crippen LogP contribution in [-0.4, -0.2) is 55.9 Å². The zero-order chi connectivity index (χ0) is 19.0. The van der Waals surface area contributed by atoms with Gasteiger partial charge in [-0.25, -0.2) is 0 Å². The van der Waals surface area contributed by atoms with E-state index in [-0.39, 0.29) is 0 Å². The van der Waals surface area contributed by atoms with Gasteiger partial charge in [0.05, 0.1) is 30.2 Å². The molecule has 0 aromatic heterocycles. The van der Waals surface area contributed by atoms with Gasteiger partial charge in [0.1, 0.15) is 0 Å². The van der Waals surface area contributed by atoms with Crippen molar-refractivity contribution in [2.45, 2.75) is 0 Å². The maximum Gasteiger partial charge on any atom is 0.154 e. The van der Waals surface area contributed by atoms with E-state index in [0.29, 0.717) is 23.1 Å². The molecule has 2 aromatic carbocycles. The highest BCUT2D eigenvalue weighted by Crippen LogP contribution is 2.32. The second kappa shape index (κ2) is 7.43. The third kappa shape index (κ3) is 3.63. The molecule has 0 saturated heterocycles. The molecule has 0 atom stereocenters. The fraction of sp³-hybridized carbons (Fsp3) is 0.250. The van der Waals surface area contributed by atoms with Crippen LogP contribution >= 0.6 is 23.2 Å². The van der Waals surface area contributed by atoms with Gasteiger partial charge in [-0.05, 0) is 38.4 Å². The summed E-state index contributed by atoms with van der Waals surface area (Å²) < 4.78 is 0. The van der Waals surface area contributed by atoms with Crippen molar-refractivity contribution >= 4 is 46.1 Å². The van der Waals surface area contributed by atoms with Crippen molar-refractivity contribution in [3.63, 3.8) is 0 Å². The lowest BCUT2D eigenvalue weighted by Gasteiger charge is -2.29. The minimum Gasteiger partial charge on any atom is -0.320 e. The van der Waals surface area contributed by atoms with E-state index in [1.54, 1.807) is 0 Å². The number of anilines is 1. The number of amidine groups is 1. The van der Waals surface area contributed by atoms with Crippen LogP contribution in [0, 0.1) is 0 Å². The minimum atomic E-state index is 0.436. The van der Waals surface area contributed by atoms with Gasteiger partial charge in [0.25, 0.3) is 0 Å². The number of benzene rings is 2. The van der Waals surface area contributed by atoms with E-state index in [1.165, 1.54) is 0 Å². The summed E-state index contributed by atoms with van der Waals surface area (Å²) in [6.45, 7) is 1.87. The molecule has 2 aliphatic rings. The van der Waals surface area contributed by atoms with Gasteiger partial charge in [-0.3, -0.25) is 4.99 Å². The molecule has 0 amide bonds. The lowest BCUT2D eigenvalue weighted by molar-refractivity contribution is 0.467. The van der Waals surface area contributed by atoms with E-state index in [4.69, 9.17) is 28.2 Å². The molecule has 0 fully saturated rings. The molecule has 2 heterocycles. The quantitative estimate of drug-likeness (QED) is 0.782. The van der Waals surface area contributed by atoms with Crippen molar-refractivity contribution in [2.75, 3.05) is 38.6 Å². The lowest BCUT2D eigenvalue weighted by Crippen LogP contribution is -2.42. The zero-order valence-electron chi connectivity index (χ0n) is 15.2. The van der Waals surface area contributed by atoms with E-state index < -0.39 is 0 Å². The predicted octanol–water partition coefficient (Wildman–Crippen LogP) is 3.98. The van der Waals surface area contributed by atoms with Crippen LogP contribution in [0.4, 0.5) is 5.69 Å². The van der Waals surface area contributed by atoms with Crippen molar-refractivity contribution < 1.29 is 0 Å². The zero-order valence-corrected chi connectivity index (χ0v) is 16.7. The third-order valence-electron chi connectivity index (χ3n) is 4.47. The first-order valence-corrected chi connectivity index (χ1v) is 9.42. The molecule has 0 saturated carbocycles. The average molecular weight is 400 g/mol. The van der Waals surface area contributed by atoms with E-state index in [9.17, 15) is 0 Å². The Labute approximate surface area is 168 Å². The van der Waals surface area contributed by atoms with Crippen molar-refractivity contribution in [1.82, 2.24) is 4.90 Å². The Balaban J connectivity index is 1.83. The van der Waals surface area contributed by atoms with Crippen molar-refractivity contribution in [1.29, 1.82) is 0 Å². The molecule has 138 valence electrons. The van der Waals surface area contributed by atoms with Crippen LogP contribution in [0.3, 0.4) is 0 Å². The summed E-state index contributed by atoms with van der Waals surface area (Å²) in [5.74, 6) is 0.822. The Morgan fingerprint density at radius 3 is 2.63 bits per heavy atom. The maximum absolute atomic E-state index is 6.46. The predicted molar refractivity (Wildman–Crippen MR) is 114 cm³/mol. The molecule has 2 aromatic rings. The number of hydrogen-bond acceptors (Lipinski definition) is 5. The molecule has 0 unspecified atom stereocenters. The molecule has 7 heteroatoms. The molecular formula is C20H19Cl2N5. The van der Waals surface area contributed by atoms with Crippen LogP contribution in [0.2, 0.25) is 10.0 Å². The second-order valence-electron chi connectivity index (χ2n) is 6.81. The summed E-state index contributed by atoms with van der Waals surface area (Å²) in [6, 6.07) is 13.6. The molecule has 5 nitrogen and oxygen atoms in total. The second-order valence-corrected chi connectivity index (χ2v) is 7.66. The number of halogens is 2. The molecule has 0 aliphatic carbocycles. The number of nitrogens with zero attached hydrogens (tertiary/aromatic N) is 5. The Morgan fingerprint density at radius 1 is 1.04 bits per heavy atom. The summed E-state index contributed by atoms with van der Waals surface area (Å²) in [6.07, 6.45) is 0. The lowest BCUT2D eigenvalue weighted by atomic mass is 10.00. The molecular weight excluding hydrogens is 381 g/mol. The van der Waals surface area contributed by atoms with Gasteiger partial charge < -0.3 is 9.80 Å². The number of aliphatic imine (C=N–C) groups is 1. The highest BCUT2D eigenvalue weighted by Gasteiger charge is 2.28. The highest BCUT2D eigenvalue weighted by molar-refractivity contribution is 6.37. The van der Waals surface area contributed by atoms with Crippen LogP contribution in [-0.2, 0) is 0 Å². The third-order valence-corrected chi connectivity index (χ3v) is 5.03. The highest BCUT2D eigenvalue weighted by atomic mass is 35.5. The molecule has 27 heavy (non-hydrogen) atoms. The summed E-state index contributed by atoms with van der Waals surface area (Å²) in [5.41, 5.74) is 4.68. The van der Waals surface area contributed by atoms with Crippen LogP contribution in [0.5, 0.6) is 0 Å². The normalized spacial score (nSPS) is 16.2. The smallest absolute Gasteiger partial charge is 0.154 e. The van der Waals surface area contributed by atoms with Gasteiger partial charge in [0, 0.05) is 27.7 Å². The molecule has 0 radical (unpaired) electrons. The summed E-state index contributed by atoms with van der Waals surface area (Å²) in [7, 11) is 4.05. The van der Waals surface area contributed by atoms with Crippen LogP contribution in [0.1, 0.15) is 11.1 Å². The van der Waals surface area contributed by atoms with Gasteiger partial charge in [-0.15, -0.1) is 5.10 Å². The summed E-state index contributed by atoms with van der Waals surface area (Å²) in [4.78, 5) is 9.09. The minimum absolute atomic E-state index is 0.436. The summed E-state index contributed by atoms with van der Waals surface area (Å²) >= 11 is 12.8. The van der Waals surface area contributed by atoms with Crippen LogP contribution in [0.25, 0.3) is 0 Å². The molecule has 2 aliphatic heterocycles. The van der Waals surface area contributed by atoms with Gasteiger partial charge in [-0.1, -0.05) is 41.4 Å². The monoisotopic (exact) mass is 399 g/mol. The first kappa shape index (κ1) is 18.2. The van der Waals surface area contributed by atoms with Crippen LogP contribution < -0.4 is 4.90 Å². The van der Waals surface area contributed by atoms with Gasteiger partial charge in [-0.2, -0.15) is 5.10 Å². The molecule has 4 rings (SSSR count). The topological polar surface area (TPSA) is 43.6 Å². The Bertz CT molecular complexity index is 978. The molecule has 0 bridgehead atoms.